The molecule has 1 aliphatic heterocycles. The molecule has 16 heavy (non-hydrogen) atoms. The molecule has 0 radical (unpaired) electrons. The molecular weight excluding hydrogens is 208 g/mol. The first-order chi connectivity index (χ1) is 7.81. The van der Waals surface area contributed by atoms with Gasteiger partial charge in [-0.3, -0.25) is 4.90 Å². The van der Waals surface area contributed by atoms with Crippen LogP contribution in [0.15, 0.2) is 4.42 Å². The molecule has 1 aromatic heterocycles. The molecule has 1 unspecified atom stereocenters. The van der Waals surface area contributed by atoms with Crippen molar-refractivity contribution in [2.45, 2.75) is 26.0 Å². The van der Waals surface area contributed by atoms with E-state index in [0.29, 0.717) is 24.9 Å². The predicted octanol–water partition coefficient (Wildman–Crippen LogP) is -0.208. The average molecular weight is 226 g/mol. The van der Waals surface area contributed by atoms with Crippen molar-refractivity contribution < 1.29 is 9.15 Å². The van der Waals surface area contributed by atoms with Crippen molar-refractivity contribution in [2.75, 3.05) is 26.2 Å². The van der Waals surface area contributed by atoms with Gasteiger partial charge in [0.25, 0.3) is 0 Å². The minimum absolute atomic E-state index is 0.127. The fraction of sp³-hybridized carbons (Fsp3) is 0.800. The van der Waals surface area contributed by atoms with Crippen LogP contribution in [-0.4, -0.2) is 47.4 Å². The lowest BCUT2D eigenvalue weighted by atomic mass is 10.3. The minimum atomic E-state index is 0.127. The lowest BCUT2D eigenvalue weighted by Gasteiger charge is -2.31. The van der Waals surface area contributed by atoms with E-state index in [9.17, 15) is 0 Å². The van der Waals surface area contributed by atoms with Crippen LogP contribution in [0.2, 0.25) is 0 Å². The van der Waals surface area contributed by atoms with Gasteiger partial charge in [0.2, 0.25) is 11.8 Å². The minimum Gasteiger partial charge on any atom is -0.424 e. The standard InChI is InChI=1S/C10H18N4O2/c1-2-9-12-13-10(16-9)7-14-3-4-15-8(5-11)6-14/h8H,2-7,11H2,1H3. The maximum atomic E-state index is 5.58. The molecule has 0 bridgehead atoms. The maximum absolute atomic E-state index is 5.58. The van der Waals surface area contributed by atoms with E-state index in [1.54, 1.807) is 0 Å². The Morgan fingerprint density at radius 2 is 2.25 bits per heavy atom. The van der Waals surface area contributed by atoms with Crippen molar-refractivity contribution in [3.8, 4) is 0 Å². The molecule has 1 aromatic rings. The summed E-state index contributed by atoms with van der Waals surface area (Å²) in [7, 11) is 0. The largest absolute Gasteiger partial charge is 0.424 e. The Balaban J connectivity index is 1.88. The number of hydrogen-bond acceptors (Lipinski definition) is 6. The first kappa shape index (κ1) is 11.5. The molecule has 1 atom stereocenters. The first-order valence-electron chi connectivity index (χ1n) is 5.67. The lowest BCUT2D eigenvalue weighted by Crippen LogP contribution is -2.45. The quantitative estimate of drug-likeness (QED) is 0.765. The van der Waals surface area contributed by atoms with E-state index < -0.39 is 0 Å². The van der Waals surface area contributed by atoms with Crippen molar-refractivity contribution in [3.63, 3.8) is 0 Å². The Kier molecular flexibility index (Phi) is 3.87. The summed E-state index contributed by atoms with van der Waals surface area (Å²) in [5, 5.41) is 7.94. The van der Waals surface area contributed by atoms with Gasteiger partial charge in [-0.25, -0.2) is 0 Å². The summed E-state index contributed by atoms with van der Waals surface area (Å²) in [5.41, 5.74) is 5.58. The van der Waals surface area contributed by atoms with Gasteiger partial charge >= 0.3 is 0 Å². The number of rotatable bonds is 4. The van der Waals surface area contributed by atoms with E-state index in [-0.39, 0.29) is 6.10 Å². The fourth-order valence-corrected chi connectivity index (χ4v) is 1.75. The van der Waals surface area contributed by atoms with Crippen LogP contribution in [-0.2, 0) is 17.7 Å². The number of aromatic nitrogens is 2. The van der Waals surface area contributed by atoms with Crippen LogP contribution < -0.4 is 5.73 Å². The van der Waals surface area contributed by atoms with Crippen molar-refractivity contribution in [1.29, 1.82) is 0 Å². The van der Waals surface area contributed by atoms with E-state index in [1.807, 2.05) is 6.92 Å². The van der Waals surface area contributed by atoms with Gasteiger partial charge in [0.1, 0.15) is 0 Å². The van der Waals surface area contributed by atoms with Crippen LogP contribution >= 0.6 is 0 Å². The number of morpholine rings is 1. The highest BCUT2D eigenvalue weighted by Crippen LogP contribution is 2.09. The number of ether oxygens (including phenoxy) is 1. The summed E-state index contributed by atoms with van der Waals surface area (Å²) in [6.45, 7) is 5.68. The molecule has 2 N–H and O–H groups in total. The van der Waals surface area contributed by atoms with Crippen LogP contribution in [0, 0.1) is 0 Å². The second-order valence-corrected chi connectivity index (χ2v) is 3.91. The van der Waals surface area contributed by atoms with Crippen molar-refractivity contribution in [2.24, 2.45) is 5.73 Å². The summed E-state index contributed by atoms with van der Waals surface area (Å²) < 4.78 is 11.0. The Bertz CT molecular complexity index is 328. The van der Waals surface area contributed by atoms with Crippen molar-refractivity contribution >= 4 is 0 Å². The summed E-state index contributed by atoms with van der Waals surface area (Å²) >= 11 is 0. The molecule has 90 valence electrons. The van der Waals surface area contributed by atoms with Gasteiger partial charge in [0.05, 0.1) is 19.3 Å². The topological polar surface area (TPSA) is 77.4 Å². The van der Waals surface area contributed by atoms with E-state index in [1.165, 1.54) is 0 Å². The normalized spacial score (nSPS) is 22.5. The fourth-order valence-electron chi connectivity index (χ4n) is 1.75. The van der Waals surface area contributed by atoms with E-state index in [2.05, 4.69) is 15.1 Å². The third-order valence-corrected chi connectivity index (χ3v) is 2.66. The molecule has 6 heteroatoms. The highest BCUT2D eigenvalue weighted by Gasteiger charge is 2.20. The zero-order valence-corrected chi connectivity index (χ0v) is 9.56. The van der Waals surface area contributed by atoms with Gasteiger partial charge in [0, 0.05) is 26.1 Å². The van der Waals surface area contributed by atoms with Crippen LogP contribution in [0.3, 0.4) is 0 Å². The zero-order chi connectivity index (χ0) is 11.4. The van der Waals surface area contributed by atoms with Gasteiger partial charge in [-0.15, -0.1) is 10.2 Å². The van der Waals surface area contributed by atoms with E-state index in [0.717, 1.165) is 26.1 Å². The highest BCUT2D eigenvalue weighted by molar-refractivity contribution is 4.83. The summed E-state index contributed by atoms with van der Waals surface area (Å²) in [6, 6.07) is 0. The number of hydrogen-bond donors (Lipinski definition) is 1. The summed E-state index contributed by atoms with van der Waals surface area (Å²) in [5.74, 6) is 1.37. The monoisotopic (exact) mass is 226 g/mol. The Morgan fingerprint density at radius 3 is 2.94 bits per heavy atom. The SMILES string of the molecule is CCc1nnc(CN2CCOC(CN)C2)o1. The number of nitrogens with two attached hydrogens (primary N) is 1. The predicted molar refractivity (Wildman–Crippen MR) is 57.7 cm³/mol. The molecule has 0 aromatic carbocycles. The molecule has 2 heterocycles. The Morgan fingerprint density at radius 1 is 1.44 bits per heavy atom. The Labute approximate surface area is 94.8 Å². The molecule has 6 nitrogen and oxygen atoms in total. The highest BCUT2D eigenvalue weighted by atomic mass is 16.5. The smallest absolute Gasteiger partial charge is 0.230 e. The third kappa shape index (κ3) is 2.78. The van der Waals surface area contributed by atoms with Crippen LogP contribution in [0.5, 0.6) is 0 Å². The van der Waals surface area contributed by atoms with E-state index >= 15 is 0 Å². The molecule has 1 aliphatic rings. The second-order valence-electron chi connectivity index (χ2n) is 3.91. The molecule has 1 saturated heterocycles. The third-order valence-electron chi connectivity index (χ3n) is 2.66. The van der Waals surface area contributed by atoms with Crippen LogP contribution in [0.1, 0.15) is 18.7 Å². The van der Waals surface area contributed by atoms with Gasteiger partial charge in [-0.05, 0) is 0 Å². The zero-order valence-electron chi connectivity index (χ0n) is 9.56. The molecule has 0 aliphatic carbocycles. The lowest BCUT2D eigenvalue weighted by molar-refractivity contribution is -0.0284. The first-order valence-corrected chi connectivity index (χ1v) is 5.67. The van der Waals surface area contributed by atoms with Gasteiger partial charge in [-0.2, -0.15) is 0 Å². The van der Waals surface area contributed by atoms with Gasteiger partial charge < -0.3 is 14.9 Å². The van der Waals surface area contributed by atoms with Crippen LogP contribution in [0.4, 0.5) is 0 Å². The summed E-state index contributed by atoms with van der Waals surface area (Å²) in [6.07, 6.45) is 0.906. The van der Waals surface area contributed by atoms with Gasteiger partial charge in [-0.1, -0.05) is 6.92 Å². The van der Waals surface area contributed by atoms with Gasteiger partial charge in [0.15, 0.2) is 0 Å². The molecule has 0 amide bonds. The number of nitrogens with zero attached hydrogens (tertiary/aromatic N) is 3. The molecule has 0 spiro atoms. The van der Waals surface area contributed by atoms with Crippen molar-refractivity contribution in [3.05, 3.63) is 11.8 Å². The molecular formula is C10H18N4O2. The maximum Gasteiger partial charge on any atom is 0.230 e. The van der Waals surface area contributed by atoms with Crippen LogP contribution in [0.25, 0.3) is 0 Å². The molecule has 1 fully saturated rings. The average Bonchev–Trinajstić information content (AvgIpc) is 2.77. The molecule has 2 rings (SSSR count). The second kappa shape index (κ2) is 5.38. The summed E-state index contributed by atoms with van der Waals surface area (Å²) in [4.78, 5) is 2.23. The van der Waals surface area contributed by atoms with E-state index in [4.69, 9.17) is 14.9 Å². The number of aryl methyl sites for hydroxylation is 1. The Hall–Kier alpha value is -0.980. The van der Waals surface area contributed by atoms with Crippen molar-refractivity contribution in [1.82, 2.24) is 15.1 Å². The molecule has 0 saturated carbocycles.